The van der Waals surface area contributed by atoms with Gasteiger partial charge in [-0.25, -0.2) is 4.79 Å². The summed E-state index contributed by atoms with van der Waals surface area (Å²) in [6, 6.07) is 6.40. The van der Waals surface area contributed by atoms with Crippen molar-refractivity contribution >= 4 is 17.6 Å². The minimum atomic E-state index is -0.605. The molecule has 0 aliphatic heterocycles. The number of nitrogens with one attached hydrogen (secondary N) is 3. The standard InChI is InChI=1S/C14H22N4O3/c1-10(17-13(19)9-16-7-8-21-2)11-3-5-12(6-4-11)18-14(15)20/h3-6,10,16H,7-9H2,1-2H3,(H,17,19)(H3,15,18,20). The van der Waals surface area contributed by atoms with Crippen molar-refractivity contribution in [3.8, 4) is 0 Å². The van der Waals surface area contributed by atoms with E-state index in [1.54, 1.807) is 19.2 Å². The van der Waals surface area contributed by atoms with Crippen molar-refractivity contribution in [2.45, 2.75) is 13.0 Å². The molecule has 1 rings (SSSR count). The summed E-state index contributed by atoms with van der Waals surface area (Å²) >= 11 is 0. The van der Waals surface area contributed by atoms with E-state index in [2.05, 4.69) is 16.0 Å². The van der Waals surface area contributed by atoms with E-state index >= 15 is 0 Å². The number of methoxy groups -OCH3 is 1. The summed E-state index contributed by atoms with van der Waals surface area (Å²) in [7, 11) is 1.61. The predicted octanol–water partition coefficient (Wildman–Crippen LogP) is 0.590. The first-order chi connectivity index (χ1) is 10.0. The van der Waals surface area contributed by atoms with Crippen molar-refractivity contribution in [3.05, 3.63) is 29.8 Å². The van der Waals surface area contributed by atoms with Gasteiger partial charge in [0.2, 0.25) is 5.91 Å². The van der Waals surface area contributed by atoms with Gasteiger partial charge >= 0.3 is 6.03 Å². The van der Waals surface area contributed by atoms with Gasteiger partial charge in [0.15, 0.2) is 0 Å². The molecule has 0 aliphatic rings. The van der Waals surface area contributed by atoms with Gasteiger partial charge in [0, 0.05) is 19.3 Å². The third-order valence-electron chi connectivity index (χ3n) is 2.82. The molecule has 0 heterocycles. The van der Waals surface area contributed by atoms with E-state index < -0.39 is 6.03 Å². The Bertz CT molecular complexity index is 462. The zero-order valence-electron chi connectivity index (χ0n) is 12.3. The van der Waals surface area contributed by atoms with Crippen LogP contribution in [0.2, 0.25) is 0 Å². The lowest BCUT2D eigenvalue weighted by molar-refractivity contribution is -0.120. The summed E-state index contributed by atoms with van der Waals surface area (Å²) < 4.78 is 4.88. The molecule has 116 valence electrons. The summed E-state index contributed by atoms with van der Waals surface area (Å²) in [5, 5.41) is 8.34. The molecule has 0 spiro atoms. The lowest BCUT2D eigenvalue weighted by Gasteiger charge is -2.15. The number of carbonyl (C=O) groups is 2. The van der Waals surface area contributed by atoms with Crippen LogP contribution in [0.3, 0.4) is 0 Å². The first kappa shape index (κ1) is 16.9. The molecule has 0 saturated heterocycles. The van der Waals surface area contributed by atoms with Crippen molar-refractivity contribution in [1.29, 1.82) is 0 Å². The molecule has 0 fully saturated rings. The van der Waals surface area contributed by atoms with Gasteiger partial charge in [-0.3, -0.25) is 4.79 Å². The molecule has 21 heavy (non-hydrogen) atoms. The van der Waals surface area contributed by atoms with Crippen molar-refractivity contribution in [2.75, 3.05) is 32.1 Å². The number of primary amides is 1. The summed E-state index contributed by atoms with van der Waals surface area (Å²) in [6.45, 7) is 3.33. The third kappa shape index (κ3) is 6.73. The first-order valence-electron chi connectivity index (χ1n) is 6.68. The second-order valence-corrected chi connectivity index (χ2v) is 4.57. The number of anilines is 1. The van der Waals surface area contributed by atoms with Gasteiger partial charge in [-0.2, -0.15) is 0 Å². The SMILES string of the molecule is COCCNCC(=O)NC(C)c1ccc(NC(N)=O)cc1. The van der Waals surface area contributed by atoms with Crippen molar-refractivity contribution in [1.82, 2.24) is 10.6 Å². The molecule has 7 nitrogen and oxygen atoms in total. The zero-order valence-corrected chi connectivity index (χ0v) is 12.3. The van der Waals surface area contributed by atoms with Crippen LogP contribution < -0.4 is 21.7 Å². The van der Waals surface area contributed by atoms with Gasteiger partial charge in [-0.05, 0) is 24.6 Å². The minimum absolute atomic E-state index is 0.0852. The van der Waals surface area contributed by atoms with Crippen LogP contribution in [0.4, 0.5) is 10.5 Å². The monoisotopic (exact) mass is 294 g/mol. The fourth-order valence-corrected chi connectivity index (χ4v) is 1.75. The largest absolute Gasteiger partial charge is 0.383 e. The minimum Gasteiger partial charge on any atom is -0.383 e. The van der Waals surface area contributed by atoms with E-state index in [1.165, 1.54) is 0 Å². The maximum atomic E-state index is 11.7. The van der Waals surface area contributed by atoms with E-state index in [4.69, 9.17) is 10.5 Å². The molecule has 0 aromatic heterocycles. The molecule has 1 unspecified atom stereocenters. The maximum absolute atomic E-state index is 11.7. The molecule has 0 aliphatic carbocycles. The Kier molecular flexibility index (Phi) is 7.20. The van der Waals surface area contributed by atoms with Crippen LogP contribution in [0.25, 0.3) is 0 Å². The van der Waals surface area contributed by atoms with Gasteiger partial charge in [0.05, 0.1) is 19.2 Å². The molecule has 0 radical (unpaired) electrons. The highest BCUT2D eigenvalue weighted by atomic mass is 16.5. The Morgan fingerprint density at radius 2 is 1.95 bits per heavy atom. The number of ether oxygens (including phenoxy) is 1. The van der Waals surface area contributed by atoms with Crippen LogP contribution in [-0.2, 0) is 9.53 Å². The molecule has 3 amide bonds. The highest BCUT2D eigenvalue weighted by Crippen LogP contribution is 2.15. The number of urea groups is 1. The number of hydrogen-bond donors (Lipinski definition) is 4. The van der Waals surface area contributed by atoms with Crippen LogP contribution >= 0.6 is 0 Å². The van der Waals surface area contributed by atoms with Gasteiger partial charge < -0.3 is 26.4 Å². The molecular weight excluding hydrogens is 272 g/mol. The van der Waals surface area contributed by atoms with E-state index in [0.29, 0.717) is 18.8 Å². The van der Waals surface area contributed by atoms with Gasteiger partial charge in [-0.15, -0.1) is 0 Å². The van der Waals surface area contributed by atoms with Crippen molar-refractivity contribution < 1.29 is 14.3 Å². The van der Waals surface area contributed by atoms with Gasteiger partial charge in [0.25, 0.3) is 0 Å². The van der Waals surface area contributed by atoms with Crippen LogP contribution in [-0.4, -0.2) is 38.7 Å². The molecule has 1 aromatic rings. The topological polar surface area (TPSA) is 105 Å². The normalized spacial score (nSPS) is 11.7. The Hall–Kier alpha value is -2.12. The second kappa shape index (κ2) is 8.93. The van der Waals surface area contributed by atoms with Gasteiger partial charge in [-0.1, -0.05) is 12.1 Å². The number of benzene rings is 1. The van der Waals surface area contributed by atoms with Crippen molar-refractivity contribution in [3.63, 3.8) is 0 Å². The van der Waals surface area contributed by atoms with E-state index in [0.717, 1.165) is 5.56 Å². The quantitative estimate of drug-likeness (QED) is 0.527. The maximum Gasteiger partial charge on any atom is 0.316 e. The number of rotatable bonds is 8. The smallest absolute Gasteiger partial charge is 0.316 e. The van der Waals surface area contributed by atoms with Gasteiger partial charge in [0.1, 0.15) is 0 Å². The molecule has 5 N–H and O–H groups in total. The lowest BCUT2D eigenvalue weighted by Crippen LogP contribution is -2.36. The zero-order chi connectivity index (χ0) is 15.7. The van der Waals surface area contributed by atoms with Crippen molar-refractivity contribution in [2.24, 2.45) is 5.73 Å². The molecule has 1 aromatic carbocycles. The molecule has 7 heteroatoms. The Balaban J connectivity index is 2.42. The van der Waals surface area contributed by atoms with E-state index in [9.17, 15) is 9.59 Å². The fraction of sp³-hybridized carbons (Fsp3) is 0.429. The average Bonchev–Trinajstić information content (AvgIpc) is 2.43. The number of amides is 3. The third-order valence-corrected chi connectivity index (χ3v) is 2.82. The highest BCUT2D eigenvalue weighted by Gasteiger charge is 2.09. The summed E-state index contributed by atoms with van der Waals surface area (Å²) in [5.74, 6) is -0.0852. The Morgan fingerprint density at radius 3 is 2.52 bits per heavy atom. The highest BCUT2D eigenvalue weighted by molar-refractivity contribution is 5.87. The fourth-order valence-electron chi connectivity index (χ4n) is 1.75. The lowest BCUT2D eigenvalue weighted by atomic mass is 10.1. The molecule has 1 atom stereocenters. The number of hydrogen-bond acceptors (Lipinski definition) is 4. The van der Waals surface area contributed by atoms with E-state index in [-0.39, 0.29) is 18.5 Å². The predicted molar refractivity (Wildman–Crippen MR) is 81.0 cm³/mol. The Morgan fingerprint density at radius 1 is 1.29 bits per heavy atom. The van der Waals surface area contributed by atoms with Crippen LogP contribution in [0.15, 0.2) is 24.3 Å². The average molecular weight is 294 g/mol. The molecular formula is C14H22N4O3. The number of nitrogens with two attached hydrogens (primary N) is 1. The number of carbonyl (C=O) groups excluding carboxylic acids is 2. The Labute approximate surface area is 124 Å². The second-order valence-electron chi connectivity index (χ2n) is 4.57. The first-order valence-corrected chi connectivity index (χ1v) is 6.68. The molecule has 0 bridgehead atoms. The van der Waals surface area contributed by atoms with E-state index in [1.807, 2.05) is 19.1 Å². The summed E-state index contributed by atoms with van der Waals surface area (Å²) in [6.07, 6.45) is 0. The van der Waals surface area contributed by atoms with Crippen LogP contribution in [0.1, 0.15) is 18.5 Å². The summed E-state index contributed by atoms with van der Waals surface area (Å²) in [5.41, 5.74) is 6.59. The van der Waals surface area contributed by atoms with Crippen LogP contribution in [0, 0.1) is 0 Å². The molecule has 0 saturated carbocycles. The van der Waals surface area contributed by atoms with Crippen LogP contribution in [0.5, 0.6) is 0 Å². The summed E-state index contributed by atoms with van der Waals surface area (Å²) in [4.78, 5) is 22.4.